The average molecular weight is 780 g/mol. The molecule has 6 rings (SSSR count). The zero-order valence-corrected chi connectivity index (χ0v) is 35.8. The molecule has 2 aromatic rings. The third kappa shape index (κ3) is 8.40. The number of anilines is 1. The number of halogens is 1. The van der Waals surface area contributed by atoms with Crippen LogP contribution in [0.1, 0.15) is 102 Å². The van der Waals surface area contributed by atoms with Gasteiger partial charge in [0.2, 0.25) is 5.91 Å². The topological polar surface area (TPSA) is 107 Å². The highest BCUT2D eigenvalue weighted by molar-refractivity contribution is 6.33. The number of aliphatic hydroxyl groups excluding tert-OH is 1. The van der Waals surface area contributed by atoms with Crippen LogP contribution in [-0.4, -0.2) is 98.1 Å². The molecule has 10 nitrogen and oxygen atoms in total. The highest BCUT2D eigenvalue weighted by Gasteiger charge is 2.69. The molecule has 55 heavy (non-hydrogen) atoms. The standard InChI is InChI=1S/C44H66ClN5O5/c1-12-32-38(41(53)46-35-16-18-42(5,6)17-15-27(35)4)50(55-44(32)23-36(44)51)24-28-13-14-34(45)37(39(28)54-11)29-19-30(21-31(20-29)49(9)10)40(52)47-43(25-48(7)8)22-33(43)26(2)3/h13-14,19-21,26-27,32-33,35-36,38,51H,12,15-18,22-25H2,1-11H3,(H,46,53)(H,47,52)/t27-,32?,33?,35?,36+,38-,43?,44?/m0/s1. The number of benzene rings is 2. The Hall–Kier alpha value is -2.89. The molecule has 0 bridgehead atoms. The van der Waals surface area contributed by atoms with Gasteiger partial charge in [0.1, 0.15) is 17.4 Å². The third-order valence-corrected chi connectivity index (χ3v) is 13.6. The third-order valence-electron chi connectivity index (χ3n) is 13.3. The van der Waals surface area contributed by atoms with Crippen LogP contribution in [0.4, 0.5) is 5.69 Å². The van der Waals surface area contributed by atoms with E-state index < -0.39 is 17.7 Å². The highest BCUT2D eigenvalue weighted by Crippen LogP contribution is 2.56. The van der Waals surface area contributed by atoms with Crippen molar-refractivity contribution >= 4 is 29.1 Å². The Morgan fingerprint density at radius 3 is 2.36 bits per heavy atom. The van der Waals surface area contributed by atoms with Gasteiger partial charge < -0.3 is 30.3 Å². The second-order valence-electron chi connectivity index (χ2n) is 18.8. The fourth-order valence-electron chi connectivity index (χ4n) is 9.80. The van der Waals surface area contributed by atoms with Crippen LogP contribution in [0.2, 0.25) is 5.02 Å². The molecule has 3 aliphatic carbocycles. The largest absolute Gasteiger partial charge is 0.496 e. The first-order valence-electron chi connectivity index (χ1n) is 20.4. The zero-order chi connectivity index (χ0) is 40.2. The van der Waals surface area contributed by atoms with E-state index in [-0.39, 0.29) is 41.3 Å². The summed E-state index contributed by atoms with van der Waals surface area (Å²) in [6.07, 6.45) is 5.73. The maximum Gasteiger partial charge on any atom is 0.251 e. The summed E-state index contributed by atoms with van der Waals surface area (Å²) in [5.41, 5.74) is 2.81. The van der Waals surface area contributed by atoms with Gasteiger partial charge in [-0.25, -0.2) is 0 Å². The Kier molecular flexibility index (Phi) is 12.0. The number of methoxy groups -OCH3 is 1. The van der Waals surface area contributed by atoms with Crippen LogP contribution in [0.15, 0.2) is 30.3 Å². The summed E-state index contributed by atoms with van der Waals surface area (Å²) in [6.45, 7) is 14.4. The number of ether oxygens (including phenoxy) is 1. The first-order chi connectivity index (χ1) is 25.8. The summed E-state index contributed by atoms with van der Waals surface area (Å²) in [6, 6.07) is 9.09. The molecule has 3 saturated carbocycles. The molecule has 2 amide bonds. The second-order valence-corrected chi connectivity index (χ2v) is 19.2. The van der Waals surface area contributed by atoms with Gasteiger partial charge in [-0.2, -0.15) is 5.06 Å². The van der Waals surface area contributed by atoms with E-state index in [4.69, 9.17) is 21.2 Å². The van der Waals surface area contributed by atoms with Crippen molar-refractivity contribution in [3.05, 3.63) is 46.5 Å². The first kappa shape index (κ1) is 41.7. The van der Waals surface area contributed by atoms with Crippen LogP contribution in [0.25, 0.3) is 11.1 Å². The van der Waals surface area contributed by atoms with Crippen LogP contribution in [-0.2, 0) is 16.2 Å². The van der Waals surface area contributed by atoms with Gasteiger partial charge in [-0.05, 0) is 106 Å². The van der Waals surface area contributed by atoms with Gasteiger partial charge in [-0.3, -0.25) is 14.4 Å². The van der Waals surface area contributed by atoms with Gasteiger partial charge in [-0.1, -0.05) is 59.2 Å². The number of hydroxylamine groups is 2. The van der Waals surface area contributed by atoms with Gasteiger partial charge in [-0.15, -0.1) is 0 Å². The molecule has 0 radical (unpaired) electrons. The van der Waals surface area contributed by atoms with E-state index in [0.29, 0.717) is 52.5 Å². The van der Waals surface area contributed by atoms with Crippen molar-refractivity contribution in [1.82, 2.24) is 20.6 Å². The van der Waals surface area contributed by atoms with E-state index in [1.54, 1.807) is 12.2 Å². The summed E-state index contributed by atoms with van der Waals surface area (Å²) in [7, 11) is 9.63. The number of aliphatic hydroxyl groups is 1. The van der Waals surface area contributed by atoms with Crippen molar-refractivity contribution in [3.8, 4) is 16.9 Å². The zero-order valence-electron chi connectivity index (χ0n) is 35.1. The molecule has 3 N–H and O–H groups in total. The molecule has 1 spiro atoms. The lowest BCUT2D eigenvalue weighted by molar-refractivity contribution is -0.190. The highest BCUT2D eigenvalue weighted by atomic mass is 35.5. The average Bonchev–Trinajstić information content (AvgIpc) is 3.97. The monoisotopic (exact) mass is 779 g/mol. The lowest BCUT2D eigenvalue weighted by atomic mass is 9.85. The van der Waals surface area contributed by atoms with Gasteiger partial charge in [0.25, 0.3) is 5.91 Å². The van der Waals surface area contributed by atoms with E-state index in [1.807, 2.05) is 63.4 Å². The molecule has 0 aromatic heterocycles. The smallest absolute Gasteiger partial charge is 0.251 e. The minimum Gasteiger partial charge on any atom is -0.496 e. The van der Waals surface area contributed by atoms with Crippen molar-refractivity contribution in [3.63, 3.8) is 0 Å². The number of hydrogen-bond acceptors (Lipinski definition) is 8. The van der Waals surface area contributed by atoms with Crippen LogP contribution in [0.5, 0.6) is 5.75 Å². The van der Waals surface area contributed by atoms with Crippen molar-refractivity contribution in [2.75, 3.05) is 46.7 Å². The van der Waals surface area contributed by atoms with Crippen molar-refractivity contribution in [2.45, 2.75) is 122 Å². The van der Waals surface area contributed by atoms with E-state index in [9.17, 15) is 14.7 Å². The van der Waals surface area contributed by atoms with E-state index in [0.717, 1.165) is 55.5 Å². The van der Waals surface area contributed by atoms with Gasteiger partial charge in [0, 0.05) is 61.4 Å². The number of carbonyl (C=O) groups is 2. The molecule has 4 fully saturated rings. The Morgan fingerprint density at radius 1 is 1.09 bits per heavy atom. The van der Waals surface area contributed by atoms with Crippen LogP contribution < -0.4 is 20.3 Å². The minimum atomic E-state index is -0.779. The van der Waals surface area contributed by atoms with E-state index >= 15 is 0 Å². The second kappa shape index (κ2) is 15.8. The van der Waals surface area contributed by atoms with Gasteiger partial charge >= 0.3 is 0 Å². The molecular weight excluding hydrogens is 714 g/mol. The molecular formula is C44H66ClN5O5. The predicted molar refractivity (Wildman–Crippen MR) is 220 cm³/mol. The molecule has 8 atom stereocenters. The summed E-state index contributed by atoms with van der Waals surface area (Å²) in [5, 5.41) is 20.1. The lowest BCUT2D eigenvalue weighted by Gasteiger charge is -2.29. The van der Waals surface area contributed by atoms with Crippen molar-refractivity contribution in [1.29, 1.82) is 0 Å². The molecule has 11 heteroatoms. The number of amides is 2. The molecule has 1 heterocycles. The van der Waals surface area contributed by atoms with Crippen molar-refractivity contribution < 1.29 is 24.3 Å². The number of rotatable bonds is 13. The Morgan fingerprint density at radius 2 is 1.78 bits per heavy atom. The predicted octanol–water partition coefficient (Wildman–Crippen LogP) is 7.15. The summed E-state index contributed by atoms with van der Waals surface area (Å²) >= 11 is 7.04. The van der Waals surface area contributed by atoms with Gasteiger partial charge in [0.15, 0.2) is 0 Å². The fraction of sp³-hybridized carbons (Fsp3) is 0.682. The number of hydrogen-bond donors (Lipinski definition) is 3. The summed E-state index contributed by atoms with van der Waals surface area (Å²) < 4.78 is 6.17. The molecule has 2 aromatic carbocycles. The lowest BCUT2D eigenvalue weighted by Crippen LogP contribution is -2.50. The number of carbonyl (C=O) groups excluding carboxylic acids is 2. The maximum atomic E-state index is 14.4. The summed E-state index contributed by atoms with van der Waals surface area (Å²) in [5.74, 6) is 1.44. The number of nitrogens with one attached hydrogen (secondary N) is 2. The molecule has 5 unspecified atom stereocenters. The SMILES string of the molecule is CCC1[C@@H](C(=O)NC2CCC(C)(C)CC[C@@H]2C)N(Cc2ccc(Cl)c(-c3cc(C(=O)NC4(CN(C)C)CC4C(C)C)cc(N(C)C)c3)c2OC)OC12C[C@H]2O. The van der Waals surface area contributed by atoms with Crippen LogP contribution in [0.3, 0.4) is 0 Å². The molecule has 304 valence electrons. The number of likely N-dealkylation sites (N-methyl/N-ethyl adjacent to an activating group) is 1. The molecule has 1 aliphatic heterocycles. The van der Waals surface area contributed by atoms with E-state index in [2.05, 4.69) is 57.1 Å². The Labute approximate surface area is 334 Å². The Bertz CT molecular complexity index is 1750. The first-order valence-corrected chi connectivity index (χ1v) is 20.8. The van der Waals surface area contributed by atoms with Crippen LogP contribution in [0, 0.1) is 29.1 Å². The normalized spacial score (nSPS) is 31.4. The quantitative estimate of drug-likeness (QED) is 0.184. The molecule has 4 aliphatic rings. The Balaban J connectivity index is 1.33. The van der Waals surface area contributed by atoms with E-state index in [1.165, 1.54) is 0 Å². The minimum absolute atomic E-state index is 0.0516. The number of nitrogens with zero attached hydrogens (tertiary/aromatic N) is 3. The van der Waals surface area contributed by atoms with Gasteiger partial charge in [0.05, 0.1) is 30.3 Å². The molecule has 1 saturated heterocycles. The maximum absolute atomic E-state index is 14.4. The van der Waals surface area contributed by atoms with Crippen LogP contribution >= 0.6 is 11.6 Å². The van der Waals surface area contributed by atoms with Crippen molar-refractivity contribution in [2.24, 2.45) is 29.1 Å². The summed E-state index contributed by atoms with van der Waals surface area (Å²) in [4.78, 5) is 39.3. The fourth-order valence-corrected chi connectivity index (χ4v) is 10.1.